The number of hydrogen-bond acceptors (Lipinski definition) is 1. The van der Waals surface area contributed by atoms with Crippen LogP contribution in [0.5, 0.6) is 0 Å². The van der Waals surface area contributed by atoms with Gasteiger partial charge in [0.2, 0.25) is 0 Å². The lowest BCUT2D eigenvalue weighted by Crippen LogP contribution is -2.14. The second kappa shape index (κ2) is 9.01. The zero-order valence-electron chi connectivity index (χ0n) is 18.0. The van der Waals surface area contributed by atoms with Gasteiger partial charge in [0.25, 0.3) is 0 Å². The molecule has 27 heavy (non-hydrogen) atoms. The third-order valence-electron chi connectivity index (χ3n) is 5.73. The third-order valence-corrected chi connectivity index (χ3v) is 6.59. The Kier molecular flexibility index (Phi) is 7.45. The molecular weight excluding hydrogens is 352 g/mol. The minimum absolute atomic E-state index is 0.378. The standard InChI is InChI=1S/C19H26NP.C5H11F/c1-11(2)16-10-15-7-12(3)8-17(15)19(21-20)18(16)9-13(4)14-5-6-14;1-4-5(2,3)6/h9-10,12,14,21H,1,5-8,20H2,2-4H3;4H2,1-3H3/b13-9+;. The average molecular weight is 390 g/mol. The second-order valence-electron chi connectivity index (χ2n) is 9.02. The SMILES string of the molecule is C=C(C)c1cc2c(c(PN)c1/C=C(\C)C1CC1)CC(C)C2.CCC(C)(C)F. The van der Waals surface area contributed by atoms with E-state index >= 15 is 0 Å². The Bertz CT molecular complexity index is 723. The van der Waals surface area contributed by atoms with Crippen LogP contribution in [0, 0.1) is 11.8 Å². The van der Waals surface area contributed by atoms with Gasteiger partial charge in [-0.3, -0.25) is 0 Å². The first-order valence-corrected chi connectivity index (χ1v) is 11.3. The van der Waals surface area contributed by atoms with Crippen molar-refractivity contribution in [3.8, 4) is 0 Å². The molecule has 1 aromatic carbocycles. The first kappa shape index (κ1) is 22.3. The molecule has 2 unspecified atom stereocenters. The molecule has 2 N–H and O–H groups in total. The maximum atomic E-state index is 12.1. The van der Waals surface area contributed by atoms with Crippen LogP contribution in [0.15, 0.2) is 18.2 Å². The van der Waals surface area contributed by atoms with Crippen molar-refractivity contribution in [2.45, 2.75) is 79.3 Å². The zero-order valence-corrected chi connectivity index (χ0v) is 19.0. The lowest BCUT2D eigenvalue weighted by Gasteiger charge is -2.17. The molecule has 1 saturated carbocycles. The van der Waals surface area contributed by atoms with Gasteiger partial charge in [-0.2, -0.15) is 0 Å². The maximum absolute atomic E-state index is 12.1. The van der Waals surface area contributed by atoms with Gasteiger partial charge in [0.1, 0.15) is 5.67 Å². The molecule has 1 fully saturated rings. The molecule has 0 aromatic heterocycles. The van der Waals surface area contributed by atoms with Crippen molar-refractivity contribution in [1.29, 1.82) is 0 Å². The summed E-state index contributed by atoms with van der Waals surface area (Å²) in [6.45, 7) is 15.9. The molecule has 2 aliphatic carbocycles. The van der Waals surface area contributed by atoms with Crippen molar-refractivity contribution in [3.63, 3.8) is 0 Å². The van der Waals surface area contributed by atoms with E-state index < -0.39 is 5.67 Å². The fourth-order valence-electron chi connectivity index (χ4n) is 3.56. The molecule has 0 heterocycles. The van der Waals surface area contributed by atoms with E-state index in [9.17, 15) is 4.39 Å². The van der Waals surface area contributed by atoms with Crippen LogP contribution in [-0.4, -0.2) is 5.67 Å². The van der Waals surface area contributed by atoms with E-state index in [1.165, 1.54) is 58.8 Å². The van der Waals surface area contributed by atoms with E-state index in [2.05, 4.69) is 39.5 Å². The molecule has 0 aliphatic heterocycles. The van der Waals surface area contributed by atoms with Gasteiger partial charge in [-0.25, -0.2) is 4.39 Å². The molecule has 0 amide bonds. The summed E-state index contributed by atoms with van der Waals surface area (Å²) in [5, 5.41) is 1.40. The maximum Gasteiger partial charge on any atom is 0.105 e. The van der Waals surface area contributed by atoms with E-state index in [0.29, 0.717) is 15.2 Å². The van der Waals surface area contributed by atoms with Crippen LogP contribution in [0.1, 0.15) is 83.1 Å². The van der Waals surface area contributed by atoms with Crippen LogP contribution in [0.2, 0.25) is 0 Å². The van der Waals surface area contributed by atoms with E-state index in [4.69, 9.17) is 5.50 Å². The largest absolute Gasteiger partial charge is 0.308 e. The number of benzene rings is 1. The van der Waals surface area contributed by atoms with E-state index in [-0.39, 0.29) is 0 Å². The summed E-state index contributed by atoms with van der Waals surface area (Å²) in [4.78, 5) is 0. The highest BCUT2D eigenvalue weighted by Crippen LogP contribution is 2.39. The second-order valence-corrected chi connectivity index (χ2v) is 9.81. The predicted octanol–water partition coefficient (Wildman–Crippen LogP) is 6.59. The van der Waals surface area contributed by atoms with Crippen molar-refractivity contribution in [1.82, 2.24) is 0 Å². The molecule has 0 bridgehead atoms. The Hall–Kier alpha value is -0.980. The minimum atomic E-state index is -0.958. The van der Waals surface area contributed by atoms with Gasteiger partial charge in [0.05, 0.1) is 0 Å². The predicted molar refractivity (Wildman–Crippen MR) is 122 cm³/mol. The molecule has 2 aliphatic rings. The van der Waals surface area contributed by atoms with Crippen molar-refractivity contribution < 1.29 is 4.39 Å². The number of nitrogens with two attached hydrogens (primary N) is 1. The van der Waals surface area contributed by atoms with Crippen molar-refractivity contribution >= 4 is 25.7 Å². The molecular formula is C24H37FNP. The molecule has 3 heteroatoms. The first-order chi connectivity index (χ1) is 12.6. The highest BCUT2D eigenvalue weighted by atomic mass is 31.1. The fourth-order valence-corrected chi connectivity index (χ4v) is 4.36. The summed E-state index contributed by atoms with van der Waals surface area (Å²) in [5.74, 6) is 1.56. The lowest BCUT2D eigenvalue weighted by atomic mass is 9.94. The van der Waals surface area contributed by atoms with Gasteiger partial charge in [-0.1, -0.05) is 43.7 Å². The van der Waals surface area contributed by atoms with Gasteiger partial charge >= 0.3 is 0 Å². The molecule has 1 aromatic rings. The van der Waals surface area contributed by atoms with Crippen LogP contribution in [0.25, 0.3) is 11.6 Å². The number of halogens is 1. The average Bonchev–Trinajstić information content (AvgIpc) is 3.36. The minimum Gasteiger partial charge on any atom is -0.308 e. The quantitative estimate of drug-likeness (QED) is 0.565. The monoisotopic (exact) mass is 389 g/mol. The van der Waals surface area contributed by atoms with E-state index in [0.717, 1.165) is 17.4 Å². The summed E-state index contributed by atoms with van der Waals surface area (Å²) >= 11 is 0. The Morgan fingerprint density at radius 3 is 2.37 bits per heavy atom. The summed E-state index contributed by atoms with van der Waals surface area (Å²) in [6.07, 6.45) is 8.10. The molecule has 2 atom stereocenters. The van der Waals surface area contributed by atoms with Crippen LogP contribution in [0.3, 0.4) is 0 Å². The number of fused-ring (bicyclic) bond motifs is 1. The zero-order chi connectivity index (χ0) is 20.4. The topological polar surface area (TPSA) is 26.0 Å². The highest BCUT2D eigenvalue weighted by molar-refractivity contribution is 7.45. The number of allylic oxidation sites excluding steroid dienone is 2. The number of rotatable bonds is 5. The molecule has 3 rings (SSSR count). The van der Waals surface area contributed by atoms with Crippen LogP contribution in [-0.2, 0) is 12.8 Å². The fraction of sp³-hybridized carbons (Fsp3) is 0.583. The molecule has 150 valence electrons. The number of hydrogen-bond donors (Lipinski definition) is 1. The summed E-state index contributed by atoms with van der Waals surface area (Å²) in [5.41, 5.74) is 13.6. The van der Waals surface area contributed by atoms with Gasteiger partial charge in [0, 0.05) is 0 Å². The Labute approximate surface area is 167 Å². The van der Waals surface area contributed by atoms with E-state index in [1.54, 1.807) is 13.8 Å². The third kappa shape index (κ3) is 6.00. The van der Waals surface area contributed by atoms with Crippen molar-refractivity contribution in [3.05, 3.63) is 40.5 Å². The molecule has 0 radical (unpaired) electrons. The first-order valence-electron chi connectivity index (χ1n) is 10.3. The highest BCUT2D eigenvalue weighted by Gasteiger charge is 2.26. The smallest absolute Gasteiger partial charge is 0.105 e. The van der Waals surface area contributed by atoms with Gasteiger partial charge in [-0.05, 0) is 108 Å². The van der Waals surface area contributed by atoms with Crippen molar-refractivity contribution in [2.24, 2.45) is 17.3 Å². The summed E-state index contributed by atoms with van der Waals surface area (Å²) < 4.78 is 12.1. The normalized spacial score (nSPS) is 19.9. The Morgan fingerprint density at radius 1 is 1.33 bits per heavy atom. The van der Waals surface area contributed by atoms with Crippen LogP contribution >= 0.6 is 8.73 Å². The van der Waals surface area contributed by atoms with Gasteiger partial charge < -0.3 is 5.50 Å². The molecule has 1 nitrogen and oxygen atoms in total. The lowest BCUT2D eigenvalue weighted by molar-refractivity contribution is 0.210. The van der Waals surface area contributed by atoms with Crippen LogP contribution in [0.4, 0.5) is 4.39 Å². The van der Waals surface area contributed by atoms with Gasteiger partial charge in [-0.15, -0.1) is 0 Å². The Morgan fingerprint density at radius 2 is 1.93 bits per heavy atom. The van der Waals surface area contributed by atoms with Crippen LogP contribution < -0.4 is 10.8 Å². The number of alkyl halides is 1. The Balaban J connectivity index is 0.000000380. The molecule has 0 spiro atoms. The van der Waals surface area contributed by atoms with Gasteiger partial charge in [0.15, 0.2) is 0 Å². The van der Waals surface area contributed by atoms with Crippen molar-refractivity contribution in [2.75, 3.05) is 0 Å². The summed E-state index contributed by atoms with van der Waals surface area (Å²) in [6, 6.07) is 2.39. The van der Waals surface area contributed by atoms with E-state index in [1.807, 2.05) is 6.92 Å². The molecule has 0 saturated heterocycles. The summed E-state index contributed by atoms with van der Waals surface area (Å²) in [7, 11) is 0.378.